The lowest BCUT2D eigenvalue weighted by molar-refractivity contribution is -0.161. The quantitative estimate of drug-likeness (QED) is 0.437. The third-order valence-electron chi connectivity index (χ3n) is 2.11. The molecule has 8 heteroatoms. The lowest BCUT2D eigenvalue weighted by Gasteiger charge is -2.20. The van der Waals surface area contributed by atoms with E-state index in [9.17, 15) is 9.59 Å². The predicted molar refractivity (Wildman–Crippen MR) is 77.0 cm³/mol. The van der Waals surface area contributed by atoms with Gasteiger partial charge in [0, 0.05) is 0 Å². The molecule has 0 rings (SSSR count). The van der Waals surface area contributed by atoms with Crippen LogP contribution < -0.4 is 0 Å². The van der Waals surface area contributed by atoms with Crippen molar-refractivity contribution in [2.45, 2.75) is 41.5 Å². The maximum Gasteiger partial charge on any atom is 0.313 e. The molecule has 0 aliphatic heterocycles. The summed E-state index contributed by atoms with van der Waals surface area (Å²) in [5.41, 5.74) is -1.26. The van der Waals surface area contributed by atoms with Gasteiger partial charge in [-0.05, 0) is 41.5 Å². The number of hydrogen-bond acceptors (Lipinski definition) is 7. The fourth-order valence-electron chi connectivity index (χ4n) is 0.829. The molecule has 0 aromatic carbocycles. The first-order valence-electron chi connectivity index (χ1n) is 6.47. The molecule has 0 bridgehead atoms. The Bertz CT molecular complexity index is 311. The molecule has 0 atom stereocenters. The van der Waals surface area contributed by atoms with Crippen LogP contribution in [0.1, 0.15) is 41.5 Å². The molecule has 0 aromatic rings. The Morgan fingerprint density at radius 3 is 1.43 bits per heavy atom. The molecule has 0 saturated heterocycles. The highest BCUT2D eigenvalue weighted by molar-refractivity contribution is 7.46. The maximum absolute atomic E-state index is 11.5. The Kier molecular flexibility index (Phi) is 8.33. The molecule has 1 N–H and O–H groups in total. The molecule has 0 heterocycles. The number of hydrogen-bond donors (Lipinski definition) is 1. The molecule has 0 saturated carbocycles. The summed E-state index contributed by atoms with van der Waals surface area (Å²) in [5, 5.41) is 9.07. The van der Waals surface area contributed by atoms with E-state index >= 15 is 0 Å². The zero-order valence-electron chi connectivity index (χ0n) is 13.5. The van der Waals surface area contributed by atoms with E-state index in [0.717, 1.165) is 0 Å². The molecule has 0 amide bonds. The van der Waals surface area contributed by atoms with Crippen LogP contribution in [0.3, 0.4) is 0 Å². The van der Waals surface area contributed by atoms with Gasteiger partial charge in [0.15, 0.2) is 13.6 Å². The summed E-state index contributed by atoms with van der Waals surface area (Å²) in [5.74, 6) is -0.843. The number of aliphatic hydroxyl groups excluding tert-OH is 1. The number of aliphatic hydroxyl groups is 1. The molecule has 21 heavy (non-hydrogen) atoms. The second kappa shape index (κ2) is 8.63. The van der Waals surface area contributed by atoms with Gasteiger partial charge in [-0.1, -0.05) is 0 Å². The Morgan fingerprint density at radius 2 is 1.19 bits per heavy atom. The Labute approximate surface area is 126 Å². The fraction of sp³-hybridized carbons (Fsp3) is 0.846. The van der Waals surface area contributed by atoms with Crippen molar-refractivity contribution < 1.29 is 33.2 Å². The van der Waals surface area contributed by atoms with Crippen molar-refractivity contribution in [2.24, 2.45) is 10.8 Å². The molecule has 124 valence electrons. The highest BCUT2D eigenvalue weighted by Gasteiger charge is 2.25. The van der Waals surface area contributed by atoms with Crippen LogP contribution in [-0.2, 0) is 28.1 Å². The van der Waals surface area contributed by atoms with Crippen molar-refractivity contribution in [3.8, 4) is 0 Å². The van der Waals surface area contributed by atoms with E-state index < -0.39 is 37.5 Å². The second-order valence-electron chi connectivity index (χ2n) is 6.33. The van der Waals surface area contributed by atoms with Crippen LogP contribution in [0.25, 0.3) is 0 Å². The topological polar surface area (TPSA) is 91.3 Å². The van der Waals surface area contributed by atoms with Crippen LogP contribution in [0, 0.1) is 10.8 Å². The van der Waals surface area contributed by atoms with Crippen molar-refractivity contribution in [3.05, 3.63) is 0 Å². The minimum Gasteiger partial charge on any atom is -0.438 e. The van der Waals surface area contributed by atoms with Gasteiger partial charge in [0.1, 0.15) is 6.35 Å². The van der Waals surface area contributed by atoms with E-state index in [1.54, 1.807) is 41.5 Å². The summed E-state index contributed by atoms with van der Waals surface area (Å²) in [7, 11) is -1.69. The normalized spacial score (nSPS) is 12.4. The van der Waals surface area contributed by atoms with E-state index in [-0.39, 0.29) is 13.6 Å². The van der Waals surface area contributed by atoms with Crippen molar-refractivity contribution in [1.29, 1.82) is 0 Å². The number of carbonyl (C=O) groups is 2. The van der Waals surface area contributed by atoms with Crippen molar-refractivity contribution >= 4 is 20.3 Å². The average Bonchev–Trinajstić information content (AvgIpc) is 2.34. The van der Waals surface area contributed by atoms with Crippen LogP contribution in [0.15, 0.2) is 0 Å². The predicted octanol–water partition coefficient (Wildman–Crippen LogP) is 2.37. The van der Waals surface area contributed by atoms with Crippen molar-refractivity contribution in [2.75, 3.05) is 19.9 Å². The molecule has 0 unspecified atom stereocenters. The average molecular weight is 324 g/mol. The standard InChI is InChI=1S/C13H25O7P/c1-12(2,3)10(15)17-8-19-21(7-14)20-9-18-11(16)13(4,5)6/h14H,7-9H2,1-6H3. The Hall–Kier alpha value is -0.750. The lowest BCUT2D eigenvalue weighted by Crippen LogP contribution is -2.24. The summed E-state index contributed by atoms with van der Waals surface area (Å²) in [6, 6.07) is 0. The van der Waals surface area contributed by atoms with Gasteiger partial charge >= 0.3 is 11.9 Å². The van der Waals surface area contributed by atoms with Gasteiger partial charge in [-0.25, -0.2) is 0 Å². The molecule has 7 nitrogen and oxygen atoms in total. The third kappa shape index (κ3) is 8.98. The van der Waals surface area contributed by atoms with E-state index in [1.807, 2.05) is 0 Å². The number of rotatable bonds is 7. The monoisotopic (exact) mass is 324 g/mol. The van der Waals surface area contributed by atoms with Gasteiger partial charge in [-0.15, -0.1) is 0 Å². The van der Waals surface area contributed by atoms with E-state index in [2.05, 4.69) is 0 Å². The van der Waals surface area contributed by atoms with Crippen molar-refractivity contribution in [1.82, 2.24) is 0 Å². The van der Waals surface area contributed by atoms with Crippen LogP contribution >= 0.6 is 8.38 Å². The molecule has 0 fully saturated rings. The summed E-state index contributed by atoms with van der Waals surface area (Å²) < 4.78 is 19.9. The number of carbonyl (C=O) groups excluding carboxylic acids is 2. The second-order valence-corrected chi connectivity index (χ2v) is 7.80. The zero-order chi connectivity index (χ0) is 16.7. The van der Waals surface area contributed by atoms with Gasteiger partial charge in [-0.3, -0.25) is 18.6 Å². The summed E-state index contributed by atoms with van der Waals surface area (Å²) >= 11 is 0. The molecule has 0 radical (unpaired) electrons. The summed E-state index contributed by atoms with van der Waals surface area (Å²) in [6.45, 7) is 9.64. The number of ether oxygens (including phenoxy) is 2. The van der Waals surface area contributed by atoms with E-state index in [1.165, 1.54) is 0 Å². The smallest absolute Gasteiger partial charge is 0.313 e. The largest absolute Gasteiger partial charge is 0.438 e. The first kappa shape index (κ1) is 20.2. The minimum absolute atomic E-state index is 0.324. The highest BCUT2D eigenvalue weighted by atomic mass is 31.2. The zero-order valence-corrected chi connectivity index (χ0v) is 14.4. The summed E-state index contributed by atoms with van der Waals surface area (Å²) in [4.78, 5) is 23.0. The summed E-state index contributed by atoms with van der Waals surface area (Å²) in [6.07, 6.45) is -0.393. The SMILES string of the molecule is CC(C)(C)C(=O)OCOP(CO)OCOC(=O)C(C)(C)C. The van der Waals surface area contributed by atoms with Crippen LogP contribution in [0.2, 0.25) is 0 Å². The van der Waals surface area contributed by atoms with E-state index in [0.29, 0.717) is 0 Å². The minimum atomic E-state index is -1.69. The van der Waals surface area contributed by atoms with Crippen LogP contribution in [-0.4, -0.2) is 37.0 Å². The van der Waals surface area contributed by atoms with Gasteiger partial charge < -0.3 is 14.6 Å². The van der Waals surface area contributed by atoms with Crippen LogP contribution in [0.4, 0.5) is 0 Å². The molecule has 0 aliphatic carbocycles. The molecular formula is C13H25O7P. The van der Waals surface area contributed by atoms with Crippen LogP contribution in [0.5, 0.6) is 0 Å². The van der Waals surface area contributed by atoms with E-state index in [4.69, 9.17) is 23.6 Å². The van der Waals surface area contributed by atoms with Crippen molar-refractivity contribution in [3.63, 3.8) is 0 Å². The lowest BCUT2D eigenvalue weighted by atomic mass is 9.98. The van der Waals surface area contributed by atoms with Gasteiger partial charge in [-0.2, -0.15) is 0 Å². The first-order chi connectivity index (χ1) is 9.48. The Balaban J connectivity index is 3.98. The number of esters is 2. The first-order valence-corrected chi connectivity index (χ1v) is 7.83. The van der Waals surface area contributed by atoms with Gasteiger partial charge in [0.2, 0.25) is 8.38 Å². The maximum atomic E-state index is 11.5. The van der Waals surface area contributed by atoms with Gasteiger partial charge in [0.05, 0.1) is 10.8 Å². The highest BCUT2D eigenvalue weighted by Crippen LogP contribution is 2.37. The molecule has 0 aliphatic rings. The molecule has 0 aromatic heterocycles. The molecule has 0 spiro atoms. The Morgan fingerprint density at radius 1 is 0.857 bits per heavy atom. The van der Waals surface area contributed by atoms with Gasteiger partial charge in [0.25, 0.3) is 0 Å². The molecular weight excluding hydrogens is 299 g/mol. The third-order valence-corrected chi connectivity index (χ3v) is 3.13. The fourth-order valence-corrected chi connectivity index (χ4v) is 1.41.